The van der Waals surface area contributed by atoms with Gasteiger partial charge in [-0.2, -0.15) is 0 Å². The van der Waals surface area contributed by atoms with E-state index in [2.05, 4.69) is 54.7 Å². The summed E-state index contributed by atoms with van der Waals surface area (Å²) in [5, 5.41) is 0. The van der Waals surface area contributed by atoms with Crippen molar-refractivity contribution < 1.29 is 0 Å². The lowest BCUT2D eigenvalue weighted by molar-refractivity contribution is 0.482. The first-order valence-corrected chi connectivity index (χ1v) is 7.16. The van der Waals surface area contributed by atoms with Gasteiger partial charge in [0, 0.05) is 0 Å². The average Bonchev–Trinajstić information content (AvgIpc) is 2.24. The summed E-state index contributed by atoms with van der Waals surface area (Å²) in [5.74, 6) is 0. The summed E-state index contributed by atoms with van der Waals surface area (Å²) in [4.78, 5) is 0. The maximum absolute atomic E-state index is 4.37. The number of hydrogen-bond acceptors (Lipinski definition) is 0. The predicted molar refractivity (Wildman–Crippen MR) is 82.7 cm³/mol. The molecule has 0 aromatic heterocycles. The Hall–Kier alpha value is -0.780. The van der Waals surface area contributed by atoms with Crippen molar-refractivity contribution in [3.8, 4) is 0 Å². The molecule has 0 aromatic rings. The third kappa shape index (κ3) is 3.37. The van der Waals surface area contributed by atoms with E-state index < -0.39 is 0 Å². The fraction of sp³-hybridized carbons (Fsp3) is 0.667. The summed E-state index contributed by atoms with van der Waals surface area (Å²) in [6.07, 6.45) is 4.96. The highest BCUT2D eigenvalue weighted by Crippen LogP contribution is 2.43. The van der Waals surface area contributed by atoms with E-state index in [1.54, 1.807) is 0 Å². The quantitative estimate of drug-likeness (QED) is 0.555. The molecule has 0 radical (unpaired) electrons. The Morgan fingerprint density at radius 2 is 1.00 bits per heavy atom. The monoisotopic (exact) mass is 246 g/mol. The lowest BCUT2D eigenvalue weighted by atomic mass is 9.72. The van der Waals surface area contributed by atoms with Gasteiger partial charge in [0.15, 0.2) is 0 Å². The van der Waals surface area contributed by atoms with E-state index >= 15 is 0 Å². The van der Waals surface area contributed by atoms with Crippen LogP contribution in [-0.4, -0.2) is 0 Å². The van der Waals surface area contributed by atoms with Crippen LogP contribution in [0.5, 0.6) is 0 Å². The van der Waals surface area contributed by atoms with Crippen LogP contribution in [0, 0.1) is 10.8 Å². The van der Waals surface area contributed by atoms with Gasteiger partial charge in [-0.15, -0.1) is 0 Å². The Morgan fingerprint density at radius 3 is 1.22 bits per heavy atom. The summed E-state index contributed by atoms with van der Waals surface area (Å²) in [6.45, 7) is 22.3. The minimum atomic E-state index is 0.163. The smallest absolute Gasteiger partial charge is 0.0135 e. The molecule has 0 fully saturated rings. The van der Waals surface area contributed by atoms with Crippen LogP contribution in [0.15, 0.2) is 35.5 Å². The second kappa shape index (κ2) is 5.07. The third-order valence-electron chi connectivity index (χ3n) is 4.01. The van der Waals surface area contributed by atoms with Gasteiger partial charge in [-0.3, -0.25) is 0 Å². The molecule has 1 aliphatic carbocycles. The molecule has 1 rings (SSSR count). The van der Waals surface area contributed by atoms with Crippen LogP contribution >= 0.6 is 0 Å². The molecule has 0 bridgehead atoms. The summed E-state index contributed by atoms with van der Waals surface area (Å²) < 4.78 is 0. The first-order valence-electron chi connectivity index (χ1n) is 7.16. The van der Waals surface area contributed by atoms with Gasteiger partial charge in [0.2, 0.25) is 0 Å². The first-order chi connectivity index (χ1) is 8.05. The van der Waals surface area contributed by atoms with Crippen molar-refractivity contribution in [2.24, 2.45) is 10.8 Å². The standard InChI is InChI=1S/C18H30/c1-13(17(3,4)5)15-11-9-10-12-16(15)14(2)18(6,7)8/h1-2,9-12H2,3-8H3. The minimum Gasteiger partial charge on any atom is -0.0950 e. The summed E-state index contributed by atoms with van der Waals surface area (Å²) in [7, 11) is 0. The molecule has 0 nitrogen and oxygen atoms in total. The van der Waals surface area contributed by atoms with Gasteiger partial charge in [-0.25, -0.2) is 0 Å². The summed E-state index contributed by atoms with van der Waals surface area (Å²) >= 11 is 0. The molecule has 0 aromatic carbocycles. The van der Waals surface area contributed by atoms with Gasteiger partial charge in [-0.1, -0.05) is 54.7 Å². The lowest BCUT2D eigenvalue weighted by Gasteiger charge is -2.33. The van der Waals surface area contributed by atoms with E-state index in [0.29, 0.717) is 0 Å². The summed E-state index contributed by atoms with van der Waals surface area (Å²) in [5.41, 5.74) is 5.93. The number of allylic oxidation sites excluding steroid dienone is 4. The molecule has 102 valence electrons. The molecule has 0 N–H and O–H groups in total. The molecule has 0 unspecified atom stereocenters. The molecule has 0 heterocycles. The molecule has 0 saturated heterocycles. The van der Waals surface area contributed by atoms with Gasteiger partial charge in [0.05, 0.1) is 0 Å². The van der Waals surface area contributed by atoms with Gasteiger partial charge >= 0.3 is 0 Å². The zero-order valence-corrected chi connectivity index (χ0v) is 13.2. The molecule has 1 aliphatic rings. The lowest BCUT2D eigenvalue weighted by Crippen LogP contribution is -2.18. The van der Waals surface area contributed by atoms with E-state index in [1.807, 2.05) is 0 Å². The summed E-state index contributed by atoms with van der Waals surface area (Å²) in [6, 6.07) is 0. The largest absolute Gasteiger partial charge is 0.0950 e. The Kier molecular flexibility index (Phi) is 4.30. The van der Waals surface area contributed by atoms with E-state index in [4.69, 9.17) is 0 Å². The predicted octanol–water partition coefficient (Wildman–Crippen LogP) is 6.06. The maximum atomic E-state index is 4.37. The van der Waals surface area contributed by atoms with Crippen LogP contribution in [-0.2, 0) is 0 Å². The SMILES string of the molecule is C=C(C1=C(C(=C)C(C)(C)C)CCCC1)C(C)(C)C. The van der Waals surface area contributed by atoms with Crippen molar-refractivity contribution in [2.75, 3.05) is 0 Å². The van der Waals surface area contributed by atoms with Crippen LogP contribution in [0.3, 0.4) is 0 Å². The van der Waals surface area contributed by atoms with Crippen LogP contribution in [0.2, 0.25) is 0 Å². The van der Waals surface area contributed by atoms with Gasteiger partial charge in [0.1, 0.15) is 0 Å². The highest BCUT2D eigenvalue weighted by Gasteiger charge is 2.27. The van der Waals surface area contributed by atoms with Crippen LogP contribution < -0.4 is 0 Å². The average molecular weight is 246 g/mol. The fourth-order valence-electron chi connectivity index (χ4n) is 2.48. The zero-order chi connectivity index (χ0) is 14.1. The highest BCUT2D eigenvalue weighted by atomic mass is 14.3. The Morgan fingerprint density at radius 1 is 0.722 bits per heavy atom. The molecule has 18 heavy (non-hydrogen) atoms. The maximum Gasteiger partial charge on any atom is -0.0135 e. The van der Waals surface area contributed by atoms with Crippen molar-refractivity contribution in [2.45, 2.75) is 67.2 Å². The highest BCUT2D eigenvalue weighted by molar-refractivity contribution is 5.47. The van der Waals surface area contributed by atoms with E-state index in [9.17, 15) is 0 Å². The normalized spacial score (nSPS) is 17.9. The third-order valence-corrected chi connectivity index (χ3v) is 4.01. The Balaban J connectivity index is 3.21. The van der Waals surface area contributed by atoms with Crippen molar-refractivity contribution in [1.82, 2.24) is 0 Å². The van der Waals surface area contributed by atoms with Gasteiger partial charge in [0.25, 0.3) is 0 Å². The first kappa shape index (κ1) is 15.3. The molecular formula is C18H30. The molecule has 0 aliphatic heterocycles. The van der Waals surface area contributed by atoms with E-state index in [0.717, 1.165) is 0 Å². The zero-order valence-electron chi connectivity index (χ0n) is 13.2. The van der Waals surface area contributed by atoms with E-state index in [-0.39, 0.29) is 10.8 Å². The van der Waals surface area contributed by atoms with E-state index in [1.165, 1.54) is 48.0 Å². The van der Waals surface area contributed by atoms with Crippen LogP contribution in [0.25, 0.3) is 0 Å². The second-order valence-electron chi connectivity index (χ2n) is 7.62. The van der Waals surface area contributed by atoms with Crippen molar-refractivity contribution in [3.63, 3.8) is 0 Å². The van der Waals surface area contributed by atoms with Crippen LogP contribution in [0.1, 0.15) is 67.2 Å². The molecule has 0 heteroatoms. The Bertz CT molecular complexity index is 339. The topological polar surface area (TPSA) is 0 Å². The second-order valence-corrected chi connectivity index (χ2v) is 7.62. The fourth-order valence-corrected chi connectivity index (χ4v) is 2.48. The molecule has 0 amide bonds. The minimum absolute atomic E-state index is 0.163. The van der Waals surface area contributed by atoms with Crippen LogP contribution in [0.4, 0.5) is 0 Å². The van der Waals surface area contributed by atoms with Gasteiger partial charge < -0.3 is 0 Å². The molecule has 0 saturated carbocycles. The number of rotatable bonds is 2. The van der Waals surface area contributed by atoms with Gasteiger partial charge in [-0.05, 0) is 58.8 Å². The van der Waals surface area contributed by atoms with Crippen molar-refractivity contribution in [3.05, 3.63) is 35.5 Å². The Labute approximate surface area is 114 Å². The molecule has 0 spiro atoms. The number of hydrogen-bond donors (Lipinski definition) is 0. The van der Waals surface area contributed by atoms with Crippen molar-refractivity contribution >= 4 is 0 Å². The van der Waals surface area contributed by atoms with Crippen molar-refractivity contribution in [1.29, 1.82) is 0 Å². The molecular weight excluding hydrogens is 216 g/mol. The molecule has 0 atom stereocenters.